The molecule has 0 aliphatic heterocycles. The van der Waals surface area contributed by atoms with Crippen LogP contribution in [-0.4, -0.2) is 58.6 Å². The summed E-state index contributed by atoms with van der Waals surface area (Å²) >= 11 is 0. The molecule has 38 heavy (non-hydrogen) atoms. The maximum atomic E-state index is 13.8. The van der Waals surface area contributed by atoms with Gasteiger partial charge in [-0.1, -0.05) is 13.8 Å². The summed E-state index contributed by atoms with van der Waals surface area (Å²) in [4.78, 5) is 31.9. The van der Waals surface area contributed by atoms with Crippen LogP contribution in [0.1, 0.15) is 58.7 Å². The monoisotopic (exact) mass is 528 g/mol. The molecule has 10 heteroatoms. The topological polar surface area (TPSA) is 108 Å². The third-order valence-electron chi connectivity index (χ3n) is 5.91. The van der Waals surface area contributed by atoms with E-state index in [1.165, 1.54) is 24.7 Å². The number of halogens is 2. The van der Waals surface area contributed by atoms with Gasteiger partial charge in [0, 0.05) is 38.1 Å². The molecule has 3 aromatic rings. The second kappa shape index (κ2) is 14.3. The Labute approximate surface area is 221 Å². The first-order valence-electron chi connectivity index (χ1n) is 12.7. The molecule has 204 valence electrons. The van der Waals surface area contributed by atoms with E-state index < -0.39 is 29.7 Å². The van der Waals surface area contributed by atoms with Gasteiger partial charge in [0.1, 0.15) is 17.4 Å². The largest absolute Gasteiger partial charge is 0.468 e. The van der Waals surface area contributed by atoms with E-state index in [4.69, 9.17) is 4.42 Å². The third-order valence-corrected chi connectivity index (χ3v) is 5.91. The predicted molar refractivity (Wildman–Crippen MR) is 138 cm³/mol. The van der Waals surface area contributed by atoms with Crippen molar-refractivity contribution in [1.29, 1.82) is 0 Å². The van der Waals surface area contributed by atoms with E-state index in [-0.39, 0.29) is 35.6 Å². The van der Waals surface area contributed by atoms with Crippen LogP contribution >= 0.6 is 0 Å². The molecule has 2 atom stereocenters. The lowest BCUT2D eigenvalue weighted by molar-refractivity contribution is 0.0755. The number of carbonyl (C=O) groups is 2. The lowest BCUT2D eigenvalue weighted by Crippen LogP contribution is -2.48. The molecular formula is C28H34F2N4O4. The second-order valence-corrected chi connectivity index (χ2v) is 9.09. The van der Waals surface area contributed by atoms with Crippen LogP contribution in [0.4, 0.5) is 8.78 Å². The number of nitrogens with one attached hydrogen (secondary N) is 2. The molecule has 1 aromatic carbocycles. The van der Waals surface area contributed by atoms with Crippen molar-refractivity contribution < 1.29 is 27.9 Å². The van der Waals surface area contributed by atoms with E-state index in [2.05, 4.69) is 15.6 Å². The first-order chi connectivity index (χ1) is 18.3. The van der Waals surface area contributed by atoms with E-state index in [1.54, 1.807) is 17.0 Å². The molecule has 3 N–H and O–H groups in total. The third kappa shape index (κ3) is 8.46. The summed E-state index contributed by atoms with van der Waals surface area (Å²) in [6, 6.07) is 7.15. The lowest BCUT2D eigenvalue weighted by atomic mass is 10.00. The van der Waals surface area contributed by atoms with Crippen LogP contribution in [0.5, 0.6) is 0 Å². The van der Waals surface area contributed by atoms with Crippen molar-refractivity contribution in [2.45, 2.75) is 51.8 Å². The Bertz CT molecular complexity index is 1160. The molecule has 0 aliphatic carbocycles. The molecule has 2 unspecified atom stereocenters. The maximum absolute atomic E-state index is 13.8. The molecule has 0 fully saturated rings. The van der Waals surface area contributed by atoms with Crippen molar-refractivity contribution in [2.75, 3.05) is 19.6 Å². The fraction of sp³-hybridized carbons (Fsp3) is 0.393. The Kier molecular flexibility index (Phi) is 10.9. The van der Waals surface area contributed by atoms with E-state index in [9.17, 15) is 23.5 Å². The highest BCUT2D eigenvalue weighted by Gasteiger charge is 2.24. The molecule has 0 bridgehead atoms. The SMILES string of the molecule is CCCN(CCC)C(=O)c1cncc(C(=O)NC(Cc2cc(F)cc(F)c2)C(O)CNCc2ccco2)c1. The zero-order chi connectivity index (χ0) is 27.5. The molecule has 0 spiro atoms. The Morgan fingerprint density at radius 3 is 2.37 bits per heavy atom. The molecule has 3 rings (SSSR count). The second-order valence-electron chi connectivity index (χ2n) is 9.09. The van der Waals surface area contributed by atoms with E-state index in [0.717, 1.165) is 31.0 Å². The molecule has 0 radical (unpaired) electrons. The number of aromatic nitrogens is 1. The first-order valence-corrected chi connectivity index (χ1v) is 12.7. The summed E-state index contributed by atoms with van der Waals surface area (Å²) in [5.74, 6) is -1.64. The number of aliphatic hydroxyl groups is 1. The van der Waals surface area contributed by atoms with Crippen LogP contribution in [0.25, 0.3) is 0 Å². The normalized spacial score (nSPS) is 12.7. The van der Waals surface area contributed by atoms with E-state index >= 15 is 0 Å². The minimum atomic E-state index is -1.11. The van der Waals surface area contributed by atoms with Crippen molar-refractivity contribution in [3.05, 3.63) is 89.1 Å². The minimum Gasteiger partial charge on any atom is -0.468 e. The number of amides is 2. The van der Waals surface area contributed by atoms with Crippen LogP contribution in [-0.2, 0) is 13.0 Å². The van der Waals surface area contributed by atoms with Gasteiger partial charge in [-0.15, -0.1) is 0 Å². The van der Waals surface area contributed by atoms with Gasteiger partial charge in [-0.2, -0.15) is 0 Å². The number of rotatable bonds is 14. The summed E-state index contributed by atoms with van der Waals surface area (Å²) in [6.45, 7) is 5.57. The van der Waals surface area contributed by atoms with Crippen molar-refractivity contribution in [1.82, 2.24) is 20.5 Å². The van der Waals surface area contributed by atoms with E-state index in [1.807, 2.05) is 13.8 Å². The highest BCUT2D eigenvalue weighted by molar-refractivity contribution is 5.99. The zero-order valence-corrected chi connectivity index (χ0v) is 21.6. The first kappa shape index (κ1) is 28.9. The standard InChI is InChI=1S/C28H34F2N4O4/c1-3-7-34(8-4-2)28(37)21-13-20(15-31-16-21)27(36)33-25(12-19-10-22(29)14-23(30)11-19)26(35)18-32-17-24-6-5-9-38-24/h5-6,9-11,13-16,25-26,32,35H,3-4,7-8,12,17-18H2,1-2H3,(H,33,36). The van der Waals surface area contributed by atoms with Crippen LogP contribution < -0.4 is 10.6 Å². The van der Waals surface area contributed by atoms with Gasteiger partial charge in [-0.25, -0.2) is 8.78 Å². The fourth-order valence-corrected chi connectivity index (χ4v) is 4.13. The van der Waals surface area contributed by atoms with Crippen LogP contribution in [0.2, 0.25) is 0 Å². The number of pyridine rings is 1. The Balaban J connectivity index is 1.76. The number of nitrogens with zero attached hydrogens (tertiary/aromatic N) is 2. The molecule has 8 nitrogen and oxygen atoms in total. The lowest BCUT2D eigenvalue weighted by Gasteiger charge is -2.25. The fourth-order valence-electron chi connectivity index (χ4n) is 4.13. The maximum Gasteiger partial charge on any atom is 0.255 e. The number of furan rings is 1. The van der Waals surface area contributed by atoms with Gasteiger partial charge >= 0.3 is 0 Å². The quantitative estimate of drug-likeness (QED) is 0.295. The Hall–Kier alpha value is -3.63. The summed E-state index contributed by atoms with van der Waals surface area (Å²) in [5.41, 5.74) is 0.689. The predicted octanol–water partition coefficient (Wildman–Crippen LogP) is 3.71. The van der Waals surface area contributed by atoms with Gasteiger partial charge in [-0.05, 0) is 55.2 Å². The van der Waals surface area contributed by atoms with Crippen molar-refractivity contribution in [3.63, 3.8) is 0 Å². The van der Waals surface area contributed by atoms with Crippen LogP contribution in [0, 0.1) is 11.6 Å². The highest BCUT2D eigenvalue weighted by atomic mass is 19.1. The van der Waals surface area contributed by atoms with Crippen molar-refractivity contribution in [2.24, 2.45) is 0 Å². The molecule has 2 heterocycles. The van der Waals surface area contributed by atoms with Crippen molar-refractivity contribution in [3.8, 4) is 0 Å². The molecule has 0 saturated heterocycles. The van der Waals surface area contributed by atoms with Gasteiger partial charge < -0.3 is 25.1 Å². The average Bonchev–Trinajstić information content (AvgIpc) is 3.41. The minimum absolute atomic E-state index is 0.0309. The number of aliphatic hydroxyl groups excluding tert-OH is 1. The molecule has 2 aromatic heterocycles. The molecule has 0 aliphatic rings. The van der Waals surface area contributed by atoms with Crippen LogP contribution in [0.3, 0.4) is 0 Å². The Morgan fingerprint density at radius 2 is 1.74 bits per heavy atom. The molecule has 2 amide bonds. The van der Waals surface area contributed by atoms with Gasteiger partial charge in [0.2, 0.25) is 0 Å². The van der Waals surface area contributed by atoms with Gasteiger partial charge in [0.25, 0.3) is 11.8 Å². The zero-order valence-electron chi connectivity index (χ0n) is 21.6. The smallest absolute Gasteiger partial charge is 0.255 e. The molecular weight excluding hydrogens is 494 g/mol. The summed E-state index contributed by atoms with van der Waals surface area (Å²) < 4.78 is 32.9. The van der Waals surface area contributed by atoms with Gasteiger partial charge in [-0.3, -0.25) is 14.6 Å². The number of hydrogen-bond acceptors (Lipinski definition) is 6. The summed E-state index contributed by atoms with van der Waals surface area (Å²) in [6.07, 6.45) is 4.74. The Morgan fingerprint density at radius 1 is 1.05 bits per heavy atom. The number of hydrogen-bond donors (Lipinski definition) is 3. The summed E-state index contributed by atoms with van der Waals surface area (Å²) in [7, 11) is 0. The average molecular weight is 529 g/mol. The number of carbonyl (C=O) groups excluding carboxylic acids is 2. The van der Waals surface area contributed by atoms with E-state index in [0.29, 0.717) is 25.4 Å². The molecule has 0 saturated carbocycles. The van der Waals surface area contributed by atoms with Crippen LogP contribution in [0.15, 0.2) is 59.5 Å². The summed E-state index contributed by atoms with van der Waals surface area (Å²) in [5, 5.41) is 16.7. The van der Waals surface area contributed by atoms with Gasteiger partial charge in [0.05, 0.1) is 36.1 Å². The highest BCUT2D eigenvalue weighted by Crippen LogP contribution is 2.14. The van der Waals surface area contributed by atoms with Crippen molar-refractivity contribution >= 4 is 11.8 Å². The van der Waals surface area contributed by atoms with Gasteiger partial charge in [0.15, 0.2) is 0 Å². The number of benzene rings is 1.